The van der Waals surface area contributed by atoms with E-state index in [0.29, 0.717) is 4.34 Å². The summed E-state index contributed by atoms with van der Waals surface area (Å²) in [7, 11) is 0. The average Bonchev–Trinajstić information content (AvgIpc) is 2.68. The Labute approximate surface area is 107 Å². The minimum Gasteiger partial charge on any atom is -0.396 e. The van der Waals surface area contributed by atoms with E-state index < -0.39 is 5.82 Å². The standard InChI is InChI=1S/C12H9ClFNOS/c13-11-5-4-7(17-11)6-10(16)8-2-1-3-9(14)12(8)15/h1-5H,6,15H2. The predicted molar refractivity (Wildman–Crippen MR) is 68.2 cm³/mol. The number of benzene rings is 1. The molecule has 0 aliphatic rings. The van der Waals surface area contributed by atoms with E-state index in [1.807, 2.05) is 0 Å². The van der Waals surface area contributed by atoms with E-state index in [2.05, 4.69) is 0 Å². The van der Waals surface area contributed by atoms with E-state index >= 15 is 0 Å². The van der Waals surface area contributed by atoms with Crippen LogP contribution < -0.4 is 5.73 Å². The minimum absolute atomic E-state index is 0.0971. The Morgan fingerprint density at radius 3 is 2.76 bits per heavy atom. The van der Waals surface area contributed by atoms with Crippen molar-refractivity contribution in [1.29, 1.82) is 0 Å². The van der Waals surface area contributed by atoms with Crippen LogP contribution in [0.1, 0.15) is 15.2 Å². The zero-order chi connectivity index (χ0) is 12.4. The normalized spacial score (nSPS) is 10.5. The highest BCUT2D eigenvalue weighted by Gasteiger charge is 2.13. The van der Waals surface area contributed by atoms with Crippen LogP contribution in [-0.4, -0.2) is 5.78 Å². The number of nitrogen functional groups attached to an aromatic ring is 1. The molecule has 5 heteroatoms. The Morgan fingerprint density at radius 1 is 1.35 bits per heavy atom. The summed E-state index contributed by atoms with van der Waals surface area (Å²) in [5, 5.41) is 0. The first kappa shape index (κ1) is 12.1. The van der Waals surface area contributed by atoms with Gasteiger partial charge < -0.3 is 5.73 Å². The molecule has 1 aromatic carbocycles. The summed E-state index contributed by atoms with van der Waals surface area (Å²) in [6, 6.07) is 7.73. The van der Waals surface area contributed by atoms with Gasteiger partial charge in [-0.25, -0.2) is 4.39 Å². The Balaban J connectivity index is 2.23. The largest absolute Gasteiger partial charge is 0.396 e. The van der Waals surface area contributed by atoms with Gasteiger partial charge in [-0.2, -0.15) is 0 Å². The van der Waals surface area contributed by atoms with Crippen molar-refractivity contribution in [3.63, 3.8) is 0 Å². The number of hydrogen-bond acceptors (Lipinski definition) is 3. The van der Waals surface area contributed by atoms with Gasteiger partial charge in [0, 0.05) is 16.9 Å². The number of anilines is 1. The van der Waals surface area contributed by atoms with Crippen molar-refractivity contribution in [1.82, 2.24) is 0 Å². The molecule has 2 rings (SSSR count). The minimum atomic E-state index is -0.569. The fourth-order valence-electron chi connectivity index (χ4n) is 1.48. The van der Waals surface area contributed by atoms with Crippen LogP contribution in [0.5, 0.6) is 0 Å². The summed E-state index contributed by atoms with van der Waals surface area (Å²) in [6.07, 6.45) is 0.186. The molecule has 17 heavy (non-hydrogen) atoms. The molecule has 0 saturated carbocycles. The lowest BCUT2D eigenvalue weighted by molar-refractivity contribution is 0.0994. The molecule has 0 saturated heterocycles. The summed E-state index contributed by atoms with van der Waals surface area (Å²) in [5.41, 5.74) is 5.64. The van der Waals surface area contributed by atoms with E-state index in [1.165, 1.54) is 29.5 Å². The van der Waals surface area contributed by atoms with Crippen molar-refractivity contribution in [2.45, 2.75) is 6.42 Å². The van der Waals surface area contributed by atoms with Crippen LogP contribution >= 0.6 is 22.9 Å². The van der Waals surface area contributed by atoms with Crippen molar-refractivity contribution in [3.05, 3.63) is 50.9 Å². The van der Waals surface area contributed by atoms with Crippen LogP contribution in [0.15, 0.2) is 30.3 Å². The SMILES string of the molecule is Nc1c(F)cccc1C(=O)Cc1ccc(Cl)s1. The van der Waals surface area contributed by atoms with Gasteiger partial charge in [-0.1, -0.05) is 17.7 Å². The smallest absolute Gasteiger partial charge is 0.170 e. The number of para-hydroxylation sites is 1. The molecule has 0 aliphatic carbocycles. The van der Waals surface area contributed by atoms with Crippen molar-refractivity contribution < 1.29 is 9.18 Å². The van der Waals surface area contributed by atoms with Crippen LogP contribution in [0.3, 0.4) is 0 Å². The molecular formula is C12H9ClFNOS. The van der Waals surface area contributed by atoms with Gasteiger partial charge in [-0.15, -0.1) is 11.3 Å². The lowest BCUT2D eigenvalue weighted by atomic mass is 10.1. The third-order valence-corrected chi connectivity index (χ3v) is 3.55. The lowest BCUT2D eigenvalue weighted by Crippen LogP contribution is -2.07. The molecule has 0 aliphatic heterocycles. The maximum Gasteiger partial charge on any atom is 0.170 e. The monoisotopic (exact) mass is 269 g/mol. The molecule has 2 N–H and O–H groups in total. The summed E-state index contributed by atoms with van der Waals surface area (Å²) in [5.74, 6) is -0.777. The number of rotatable bonds is 3. The second-order valence-corrected chi connectivity index (χ2v) is 5.31. The van der Waals surface area contributed by atoms with Gasteiger partial charge in [0.25, 0.3) is 0 Å². The molecule has 2 nitrogen and oxygen atoms in total. The Morgan fingerprint density at radius 2 is 2.12 bits per heavy atom. The Hall–Kier alpha value is -1.39. The molecule has 0 unspecified atom stereocenters. The molecule has 0 spiro atoms. The number of halogens is 2. The Bertz CT molecular complexity index is 567. The quantitative estimate of drug-likeness (QED) is 0.684. The van der Waals surface area contributed by atoms with E-state index in [0.717, 1.165) is 4.88 Å². The van der Waals surface area contributed by atoms with Crippen LogP contribution in [-0.2, 0) is 6.42 Å². The van der Waals surface area contributed by atoms with Gasteiger partial charge in [0.05, 0.1) is 10.0 Å². The van der Waals surface area contributed by atoms with E-state index in [9.17, 15) is 9.18 Å². The molecule has 1 heterocycles. The maximum absolute atomic E-state index is 13.2. The molecule has 0 atom stereocenters. The van der Waals surface area contributed by atoms with Crippen LogP contribution in [0, 0.1) is 5.82 Å². The average molecular weight is 270 g/mol. The second-order valence-electron chi connectivity index (χ2n) is 3.51. The highest BCUT2D eigenvalue weighted by molar-refractivity contribution is 7.16. The summed E-state index contributed by atoms with van der Waals surface area (Å²) < 4.78 is 13.8. The number of nitrogens with two attached hydrogens (primary N) is 1. The fraction of sp³-hybridized carbons (Fsp3) is 0.0833. The van der Waals surface area contributed by atoms with Gasteiger partial charge in [0.1, 0.15) is 5.82 Å². The first-order valence-corrected chi connectivity index (χ1v) is 6.09. The van der Waals surface area contributed by atoms with Crippen LogP contribution in [0.25, 0.3) is 0 Å². The zero-order valence-electron chi connectivity index (χ0n) is 8.74. The lowest BCUT2D eigenvalue weighted by Gasteiger charge is -2.04. The number of Topliss-reactive ketones (excluding diaryl/α,β-unsaturated/α-hetero) is 1. The summed E-state index contributed by atoms with van der Waals surface area (Å²) in [4.78, 5) is 12.8. The van der Waals surface area contributed by atoms with E-state index in [4.69, 9.17) is 17.3 Å². The zero-order valence-corrected chi connectivity index (χ0v) is 10.3. The number of thiophene rings is 1. The Kier molecular flexibility index (Phi) is 3.45. The first-order valence-electron chi connectivity index (χ1n) is 4.89. The maximum atomic E-state index is 13.2. The molecule has 0 radical (unpaired) electrons. The number of hydrogen-bond donors (Lipinski definition) is 1. The predicted octanol–water partition coefficient (Wildman–Crippen LogP) is 3.55. The van der Waals surface area contributed by atoms with Crippen molar-refractivity contribution >= 4 is 34.4 Å². The highest BCUT2D eigenvalue weighted by atomic mass is 35.5. The fourth-order valence-corrected chi connectivity index (χ4v) is 2.57. The van der Waals surface area contributed by atoms with Crippen LogP contribution in [0.4, 0.5) is 10.1 Å². The number of ketones is 1. The number of carbonyl (C=O) groups is 1. The molecular weight excluding hydrogens is 261 g/mol. The van der Waals surface area contributed by atoms with Crippen LogP contribution in [0.2, 0.25) is 4.34 Å². The third-order valence-electron chi connectivity index (χ3n) is 2.32. The van der Waals surface area contributed by atoms with Crippen molar-refractivity contribution in [2.24, 2.45) is 0 Å². The molecule has 0 fully saturated rings. The van der Waals surface area contributed by atoms with E-state index in [-0.39, 0.29) is 23.5 Å². The highest BCUT2D eigenvalue weighted by Crippen LogP contribution is 2.24. The molecule has 88 valence electrons. The van der Waals surface area contributed by atoms with Gasteiger partial charge in [-0.05, 0) is 24.3 Å². The summed E-state index contributed by atoms with van der Waals surface area (Å²) in [6.45, 7) is 0. The number of carbonyl (C=O) groups excluding carboxylic acids is 1. The molecule has 2 aromatic rings. The van der Waals surface area contributed by atoms with E-state index in [1.54, 1.807) is 12.1 Å². The van der Waals surface area contributed by atoms with Gasteiger partial charge in [-0.3, -0.25) is 4.79 Å². The first-order chi connectivity index (χ1) is 8.08. The summed E-state index contributed by atoms with van der Waals surface area (Å²) >= 11 is 7.10. The van der Waals surface area contributed by atoms with Gasteiger partial charge in [0.15, 0.2) is 5.78 Å². The van der Waals surface area contributed by atoms with Crippen molar-refractivity contribution in [3.8, 4) is 0 Å². The molecule has 0 amide bonds. The van der Waals surface area contributed by atoms with Gasteiger partial charge in [0.2, 0.25) is 0 Å². The topological polar surface area (TPSA) is 43.1 Å². The second kappa shape index (κ2) is 4.85. The third kappa shape index (κ3) is 2.65. The molecule has 1 aromatic heterocycles. The van der Waals surface area contributed by atoms with Crippen molar-refractivity contribution in [2.75, 3.05) is 5.73 Å². The molecule has 0 bridgehead atoms. The van der Waals surface area contributed by atoms with Gasteiger partial charge >= 0.3 is 0 Å².